The summed E-state index contributed by atoms with van der Waals surface area (Å²) in [6.45, 7) is 2.11. The number of nitrogens with zero attached hydrogens (tertiary/aromatic N) is 1. The minimum Gasteiger partial charge on any atom is -0.462 e. The highest BCUT2D eigenvalue weighted by atomic mass is 16.5. The summed E-state index contributed by atoms with van der Waals surface area (Å²) in [6, 6.07) is 5.14. The van der Waals surface area contributed by atoms with Gasteiger partial charge in [-0.3, -0.25) is 0 Å². The second-order valence-electron chi connectivity index (χ2n) is 3.50. The predicted octanol–water partition coefficient (Wildman–Crippen LogP) is 1.33. The van der Waals surface area contributed by atoms with E-state index < -0.39 is 0 Å². The second kappa shape index (κ2) is 5.37. The normalized spacial score (nSPS) is 10.2. The zero-order chi connectivity index (χ0) is 12.1. The quantitative estimate of drug-likeness (QED) is 0.458. The molecule has 1 aromatic rings. The van der Waals surface area contributed by atoms with Crippen molar-refractivity contribution in [2.24, 2.45) is 0 Å². The zero-order valence-corrected chi connectivity index (χ0v) is 9.78. The fraction of sp³-hybridized carbons (Fsp3) is 0.364. The molecule has 1 rings (SSSR count). The third-order valence-corrected chi connectivity index (χ3v) is 1.93. The van der Waals surface area contributed by atoms with E-state index in [1.54, 1.807) is 30.1 Å². The van der Waals surface area contributed by atoms with Gasteiger partial charge in [-0.15, -0.1) is 0 Å². The van der Waals surface area contributed by atoms with Crippen LogP contribution in [-0.2, 0) is 4.74 Å². The van der Waals surface area contributed by atoms with Gasteiger partial charge in [-0.05, 0) is 19.1 Å². The number of hydrogen-bond donors (Lipinski definition) is 2. The molecule has 0 bridgehead atoms. The van der Waals surface area contributed by atoms with Crippen LogP contribution in [0.3, 0.4) is 0 Å². The lowest BCUT2D eigenvalue weighted by atomic mass is 10.1. The number of nitrogens with one attached hydrogen (secondary N) is 1. The van der Waals surface area contributed by atoms with Gasteiger partial charge in [0.2, 0.25) is 0 Å². The number of ether oxygens (including phenoxy) is 1. The van der Waals surface area contributed by atoms with E-state index in [-0.39, 0.29) is 5.97 Å². The number of carbonyl (C=O) groups excluding carboxylic acids is 1. The first-order chi connectivity index (χ1) is 7.56. The molecular weight excluding hydrogens is 206 g/mol. The lowest BCUT2D eigenvalue weighted by Crippen LogP contribution is -2.22. The predicted molar refractivity (Wildman–Crippen MR) is 64.1 cm³/mol. The first kappa shape index (κ1) is 12.3. The topological polar surface area (TPSA) is 67.6 Å². The van der Waals surface area contributed by atoms with Gasteiger partial charge >= 0.3 is 5.97 Å². The lowest BCUT2D eigenvalue weighted by Gasteiger charge is -2.18. The van der Waals surface area contributed by atoms with E-state index in [0.717, 1.165) is 0 Å². The zero-order valence-electron chi connectivity index (χ0n) is 9.78. The standard InChI is InChI=1S/C11H17N3O2/c1-4-16-11(15)8-6-5-7-9(12)10(8)13-14(2)3/h5-7,13H,4,12H2,1-3H3. The summed E-state index contributed by atoms with van der Waals surface area (Å²) in [6.07, 6.45) is 0. The molecule has 0 aromatic heterocycles. The van der Waals surface area contributed by atoms with Gasteiger partial charge in [0.05, 0.1) is 23.5 Å². The van der Waals surface area contributed by atoms with Gasteiger partial charge in [0, 0.05) is 14.1 Å². The molecule has 0 saturated heterocycles. The van der Waals surface area contributed by atoms with Gasteiger partial charge in [0.25, 0.3) is 0 Å². The molecule has 0 radical (unpaired) electrons. The summed E-state index contributed by atoms with van der Waals surface area (Å²) in [5, 5.41) is 1.72. The van der Waals surface area contributed by atoms with Crippen LogP contribution in [0.4, 0.5) is 11.4 Å². The number of nitrogens with two attached hydrogens (primary N) is 1. The highest BCUT2D eigenvalue weighted by Gasteiger charge is 2.14. The Balaban J connectivity index is 3.07. The Labute approximate surface area is 95.2 Å². The molecule has 0 saturated carbocycles. The number of rotatable bonds is 4. The van der Waals surface area contributed by atoms with E-state index in [0.29, 0.717) is 23.5 Å². The van der Waals surface area contributed by atoms with E-state index >= 15 is 0 Å². The molecule has 0 aliphatic heterocycles. The number of hydrazine groups is 1. The average molecular weight is 223 g/mol. The third-order valence-electron chi connectivity index (χ3n) is 1.93. The van der Waals surface area contributed by atoms with Crippen LogP contribution < -0.4 is 11.2 Å². The van der Waals surface area contributed by atoms with Crippen molar-refractivity contribution < 1.29 is 9.53 Å². The van der Waals surface area contributed by atoms with E-state index in [2.05, 4.69) is 5.43 Å². The van der Waals surface area contributed by atoms with E-state index in [1.165, 1.54) is 0 Å². The number of hydrogen-bond acceptors (Lipinski definition) is 5. The number of anilines is 2. The molecule has 0 spiro atoms. The summed E-state index contributed by atoms with van der Waals surface area (Å²) in [7, 11) is 3.64. The van der Waals surface area contributed by atoms with Crippen LogP contribution >= 0.6 is 0 Å². The second-order valence-corrected chi connectivity index (χ2v) is 3.50. The molecule has 16 heavy (non-hydrogen) atoms. The van der Waals surface area contributed by atoms with Gasteiger partial charge < -0.3 is 15.9 Å². The van der Waals surface area contributed by atoms with E-state index in [9.17, 15) is 4.79 Å². The first-order valence-electron chi connectivity index (χ1n) is 5.05. The number of benzene rings is 1. The molecule has 0 amide bonds. The molecule has 0 heterocycles. The van der Waals surface area contributed by atoms with Crippen molar-refractivity contribution in [3.63, 3.8) is 0 Å². The van der Waals surface area contributed by atoms with E-state index in [4.69, 9.17) is 10.5 Å². The van der Waals surface area contributed by atoms with Gasteiger partial charge in [0.15, 0.2) is 0 Å². The number of para-hydroxylation sites is 1. The Morgan fingerprint density at radius 1 is 1.50 bits per heavy atom. The van der Waals surface area contributed by atoms with Crippen molar-refractivity contribution in [3.05, 3.63) is 23.8 Å². The Hall–Kier alpha value is -1.75. The largest absolute Gasteiger partial charge is 0.462 e. The third kappa shape index (κ3) is 2.87. The van der Waals surface area contributed by atoms with Crippen molar-refractivity contribution >= 4 is 17.3 Å². The summed E-state index contributed by atoms with van der Waals surface area (Å²) in [4.78, 5) is 11.7. The lowest BCUT2D eigenvalue weighted by molar-refractivity contribution is 0.0527. The van der Waals surface area contributed by atoms with Crippen LogP contribution in [0.2, 0.25) is 0 Å². The van der Waals surface area contributed by atoms with Crippen molar-refractivity contribution in [2.45, 2.75) is 6.92 Å². The maximum absolute atomic E-state index is 11.7. The molecule has 0 aliphatic rings. The smallest absolute Gasteiger partial charge is 0.340 e. The highest BCUT2D eigenvalue weighted by Crippen LogP contribution is 2.24. The monoisotopic (exact) mass is 223 g/mol. The SMILES string of the molecule is CCOC(=O)c1cccc(N)c1NN(C)C. The number of esters is 1. The first-order valence-corrected chi connectivity index (χ1v) is 5.05. The molecule has 0 aliphatic carbocycles. The summed E-state index contributed by atoms with van der Waals surface area (Å²) in [5.74, 6) is -0.376. The van der Waals surface area contributed by atoms with Gasteiger partial charge in [-0.1, -0.05) is 6.07 Å². The van der Waals surface area contributed by atoms with Gasteiger partial charge in [-0.2, -0.15) is 0 Å². The van der Waals surface area contributed by atoms with Crippen molar-refractivity contribution in [1.82, 2.24) is 5.01 Å². The Kier molecular flexibility index (Phi) is 4.13. The Bertz CT molecular complexity index is 377. The van der Waals surface area contributed by atoms with E-state index in [1.807, 2.05) is 14.1 Å². The molecule has 3 N–H and O–H groups in total. The number of nitrogen functional groups attached to an aromatic ring is 1. The molecule has 0 atom stereocenters. The fourth-order valence-electron chi connectivity index (χ4n) is 1.30. The number of carbonyl (C=O) groups is 1. The van der Waals surface area contributed by atoms with Crippen LogP contribution in [0, 0.1) is 0 Å². The fourth-order valence-corrected chi connectivity index (χ4v) is 1.30. The molecule has 88 valence electrons. The molecular formula is C11H17N3O2. The molecule has 5 nitrogen and oxygen atoms in total. The van der Waals surface area contributed by atoms with Crippen LogP contribution in [-0.4, -0.2) is 31.7 Å². The van der Waals surface area contributed by atoms with Crippen LogP contribution in [0.15, 0.2) is 18.2 Å². The highest BCUT2D eigenvalue weighted by molar-refractivity contribution is 5.98. The maximum Gasteiger partial charge on any atom is 0.340 e. The summed E-state index contributed by atoms with van der Waals surface area (Å²) < 4.78 is 4.95. The maximum atomic E-state index is 11.7. The van der Waals surface area contributed by atoms with Gasteiger partial charge in [0.1, 0.15) is 0 Å². The summed E-state index contributed by atoms with van der Waals surface area (Å²) >= 11 is 0. The van der Waals surface area contributed by atoms with Crippen molar-refractivity contribution in [3.8, 4) is 0 Å². The molecule has 5 heteroatoms. The van der Waals surface area contributed by atoms with Gasteiger partial charge in [-0.25, -0.2) is 9.80 Å². The Morgan fingerprint density at radius 2 is 2.19 bits per heavy atom. The van der Waals surface area contributed by atoms with Crippen LogP contribution in [0.25, 0.3) is 0 Å². The Morgan fingerprint density at radius 3 is 2.75 bits per heavy atom. The summed E-state index contributed by atoms with van der Waals surface area (Å²) in [5.41, 5.74) is 10.3. The molecule has 1 aromatic carbocycles. The minimum atomic E-state index is -0.376. The minimum absolute atomic E-state index is 0.342. The van der Waals surface area contributed by atoms with Crippen molar-refractivity contribution in [1.29, 1.82) is 0 Å². The average Bonchev–Trinajstić information content (AvgIpc) is 2.20. The van der Waals surface area contributed by atoms with Crippen LogP contribution in [0.5, 0.6) is 0 Å². The van der Waals surface area contributed by atoms with Crippen LogP contribution in [0.1, 0.15) is 17.3 Å². The van der Waals surface area contributed by atoms with Crippen molar-refractivity contribution in [2.75, 3.05) is 31.9 Å². The molecule has 0 fully saturated rings. The molecule has 0 unspecified atom stereocenters.